The van der Waals surface area contributed by atoms with Gasteiger partial charge in [-0.2, -0.15) is 8.78 Å². The first kappa shape index (κ1) is 29.9. The van der Waals surface area contributed by atoms with Crippen molar-refractivity contribution in [3.05, 3.63) is 29.8 Å². The van der Waals surface area contributed by atoms with E-state index in [1.54, 1.807) is 7.11 Å². The van der Waals surface area contributed by atoms with Crippen LogP contribution in [0.1, 0.15) is 96.5 Å². The topological polar surface area (TPSA) is 69.7 Å². The molecule has 3 atom stereocenters. The first-order valence-corrected chi connectivity index (χ1v) is 13.4. The SMILES string of the molecule is CCCCC(F)(F)C(=O)CC[C@H]1[C@H](C)CC(=O)[C@@H]1CCCCCCC(=O)OCc1ccc(OC)cc1. The second kappa shape index (κ2) is 15.1. The molecule has 0 spiro atoms. The van der Waals surface area contributed by atoms with Crippen LogP contribution in [-0.2, 0) is 25.7 Å². The largest absolute Gasteiger partial charge is 0.497 e. The number of unbranched alkanes of at least 4 members (excludes halogenated alkanes) is 4. The molecule has 202 valence electrons. The van der Waals surface area contributed by atoms with E-state index in [9.17, 15) is 23.2 Å². The summed E-state index contributed by atoms with van der Waals surface area (Å²) in [5, 5.41) is 0. The van der Waals surface area contributed by atoms with Crippen LogP contribution in [0.25, 0.3) is 0 Å². The van der Waals surface area contributed by atoms with Gasteiger partial charge in [0.15, 0.2) is 0 Å². The van der Waals surface area contributed by atoms with E-state index >= 15 is 0 Å². The Labute approximate surface area is 214 Å². The molecule has 1 fully saturated rings. The Hall–Kier alpha value is -2.31. The van der Waals surface area contributed by atoms with Crippen LogP contribution in [0.5, 0.6) is 5.75 Å². The Morgan fingerprint density at radius 1 is 1.00 bits per heavy atom. The average Bonchev–Trinajstić information content (AvgIpc) is 3.13. The van der Waals surface area contributed by atoms with Gasteiger partial charge in [0.25, 0.3) is 0 Å². The first-order valence-electron chi connectivity index (χ1n) is 13.4. The van der Waals surface area contributed by atoms with Crippen LogP contribution in [-0.4, -0.2) is 30.6 Å². The van der Waals surface area contributed by atoms with Crippen molar-refractivity contribution in [2.24, 2.45) is 17.8 Å². The molecule has 1 saturated carbocycles. The van der Waals surface area contributed by atoms with Crippen LogP contribution < -0.4 is 4.74 Å². The zero-order valence-electron chi connectivity index (χ0n) is 22.0. The lowest BCUT2D eigenvalue weighted by molar-refractivity contribution is -0.145. The molecule has 0 aliphatic heterocycles. The maximum Gasteiger partial charge on any atom is 0.306 e. The molecule has 1 aromatic carbocycles. The maximum absolute atomic E-state index is 14.0. The van der Waals surface area contributed by atoms with Crippen molar-refractivity contribution in [1.29, 1.82) is 0 Å². The van der Waals surface area contributed by atoms with Gasteiger partial charge in [-0.1, -0.05) is 51.7 Å². The predicted octanol–water partition coefficient (Wildman–Crippen LogP) is 7.10. The summed E-state index contributed by atoms with van der Waals surface area (Å²) >= 11 is 0. The van der Waals surface area contributed by atoms with Crippen molar-refractivity contribution >= 4 is 17.5 Å². The molecule has 5 nitrogen and oxygen atoms in total. The van der Waals surface area contributed by atoms with E-state index in [4.69, 9.17) is 9.47 Å². The van der Waals surface area contributed by atoms with Crippen LogP contribution in [0, 0.1) is 17.8 Å². The number of ketones is 2. The Morgan fingerprint density at radius 3 is 2.36 bits per heavy atom. The highest BCUT2D eigenvalue weighted by atomic mass is 19.3. The summed E-state index contributed by atoms with van der Waals surface area (Å²) in [6.45, 7) is 4.05. The van der Waals surface area contributed by atoms with Gasteiger partial charge in [-0.15, -0.1) is 0 Å². The van der Waals surface area contributed by atoms with E-state index < -0.39 is 11.7 Å². The smallest absolute Gasteiger partial charge is 0.306 e. The zero-order valence-corrected chi connectivity index (χ0v) is 22.0. The Morgan fingerprint density at radius 2 is 1.69 bits per heavy atom. The van der Waals surface area contributed by atoms with Crippen molar-refractivity contribution in [3.8, 4) is 5.75 Å². The fourth-order valence-electron chi connectivity index (χ4n) is 5.08. The Balaban J connectivity index is 1.65. The number of hydrogen-bond acceptors (Lipinski definition) is 5. The number of methoxy groups -OCH3 is 1. The summed E-state index contributed by atoms with van der Waals surface area (Å²) < 4.78 is 38.5. The number of rotatable bonds is 17. The third kappa shape index (κ3) is 9.62. The number of Topliss-reactive ketones (excluding diaryl/α,β-unsaturated/α-hetero) is 2. The van der Waals surface area contributed by atoms with Gasteiger partial charge in [-0.3, -0.25) is 14.4 Å². The summed E-state index contributed by atoms with van der Waals surface area (Å²) in [5.74, 6) is -3.55. The van der Waals surface area contributed by atoms with Crippen LogP contribution >= 0.6 is 0 Å². The molecule has 0 N–H and O–H groups in total. The fraction of sp³-hybridized carbons (Fsp3) is 0.690. The second-order valence-electron chi connectivity index (χ2n) is 10.1. The molecule has 1 aliphatic carbocycles. The van der Waals surface area contributed by atoms with Crippen molar-refractivity contribution in [3.63, 3.8) is 0 Å². The van der Waals surface area contributed by atoms with Crippen LogP contribution in [0.2, 0.25) is 0 Å². The third-order valence-corrected chi connectivity index (χ3v) is 7.35. The van der Waals surface area contributed by atoms with E-state index in [1.165, 1.54) is 0 Å². The van der Waals surface area contributed by atoms with Crippen LogP contribution in [0.3, 0.4) is 0 Å². The van der Waals surface area contributed by atoms with Gasteiger partial charge in [0.05, 0.1) is 7.11 Å². The number of carbonyl (C=O) groups excluding carboxylic acids is 3. The first-order chi connectivity index (χ1) is 17.2. The molecule has 0 bridgehead atoms. The van der Waals surface area contributed by atoms with Crippen molar-refractivity contribution in [1.82, 2.24) is 0 Å². The number of esters is 1. The summed E-state index contributed by atoms with van der Waals surface area (Å²) in [7, 11) is 1.60. The van der Waals surface area contributed by atoms with E-state index in [0.717, 1.165) is 43.4 Å². The number of carbonyl (C=O) groups is 3. The van der Waals surface area contributed by atoms with Gasteiger partial charge in [-0.05, 0) is 55.2 Å². The lowest BCUT2D eigenvalue weighted by atomic mass is 9.82. The minimum Gasteiger partial charge on any atom is -0.497 e. The number of benzene rings is 1. The van der Waals surface area contributed by atoms with Gasteiger partial charge in [-0.25, -0.2) is 0 Å². The summed E-state index contributed by atoms with van der Waals surface area (Å²) in [6, 6.07) is 7.37. The molecular formula is C29H42F2O5. The van der Waals surface area contributed by atoms with Crippen LogP contribution in [0.15, 0.2) is 24.3 Å². The molecule has 1 aliphatic rings. The molecule has 0 aromatic heterocycles. The second-order valence-corrected chi connectivity index (χ2v) is 10.1. The third-order valence-electron chi connectivity index (χ3n) is 7.35. The highest BCUT2D eigenvalue weighted by Gasteiger charge is 2.42. The molecular weight excluding hydrogens is 466 g/mol. The summed E-state index contributed by atoms with van der Waals surface area (Å²) in [5.41, 5.74) is 0.903. The summed E-state index contributed by atoms with van der Waals surface area (Å²) in [6.07, 6.45) is 5.64. The monoisotopic (exact) mass is 508 g/mol. The number of alkyl halides is 2. The molecule has 2 rings (SSSR count). The standard InChI is InChI=1S/C29H42F2O5/c1-4-5-18-29(30,31)27(33)17-16-24-21(2)19-26(32)25(24)10-8-6-7-9-11-28(34)36-20-22-12-14-23(35-3)15-13-22/h12-15,21,24-25H,4-11,16-20H2,1-3H3/t21-,24+,25-/m1/s1. The molecule has 0 heterocycles. The minimum atomic E-state index is -3.26. The molecule has 0 amide bonds. The van der Waals surface area contributed by atoms with Crippen molar-refractivity contribution in [2.75, 3.05) is 7.11 Å². The predicted molar refractivity (Wildman–Crippen MR) is 135 cm³/mol. The quantitative estimate of drug-likeness (QED) is 0.166. The highest BCUT2D eigenvalue weighted by Crippen LogP contribution is 2.41. The van der Waals surface area contributed by atoms with E-state index in [2.05, 4.69) is 0 Å². The molecule has 7 heteroatoms. The van der Waals surface area contributed by atoms with Crippen LogP contribution in [0.4, 0.5) is 8.78 Å². The van der Waals surface area contributed by atoms with Gasteiger partial charge < -0.3 is 9.47 Å². The minimum absolute atomic E-state index is 0.00337. The van der Waals surface area contributed by atoms with Gasteiger partial charge in [0, 0.05) is 31.6 Å². The Bertz CT molecular complexity index is 837. The summed E-state index contributed by atoms with van der Waals surface area (Å²) in [4.78, 5) is 36.6. The zero-order chi connectivity index (χ0) is 26.6. The van der Waals surface area contributed by atoms with Gasteiger partial charge >= 0.3 is 11.9 Å². The number of halogens is 2. The molecule has 0 radical (unpaired) electrons. The van der Waals surface area contributed by atoms with Gasteiger partial charge in [0.1, 0.15) is 18.1 Å². The molecule has 0 saturated heterocycles. The maximum atomic E-state index is 14.0. The van der Waals surface area contributed by atoms with E-state index in [0.29, 0.717) is 32.1 Å². The normalized spacial score (nSPS) is 19.9. The van der Waals surface area contributed by atoms with E-state index in [1.807, 2.05) is 38.1 Å². The lowest BCUT2D eigenvalue weighted by Gasteiger charge is -2.23. The average molecular weight is 509 g/mol. The highest BCUT2D eigenvalue weighted by molar-refractivity contribution is 5.86. The van der Waals surface area contributed by atoms with Gasteiger partial charge in [0.2, 0.25) is 5.78 Å². The van der Waals surface area contributed by atoms with Crippen molar-refractivity contribution < 1.29 is 32.6 Å². The molecule has 36 heavy (non-hydrogen) atoms. The lowest BCUT2D eigenvalue weighted by Crippen LogP contribution is -2.29. The fourth-order valence-corrected chi connectivity index (χ4v) is 5.08. The Kier molecular flexibility index (Phi) is 12.5. The van der Waals surface area contributed by atoms with E-state index in [-0.39, 0.29) is 49.0 Å². The molecule has 0 unspecified atom stereocenters. The number of hydrogen-bond donors (Lipinski definition) is 0. The van der Waals surface area contributed by atoms with Crippen molar-refractivity contribution in [2.45, 2.75) is 103 Å². The number of ether oxygens (including phenoxy) is 2. The molecule has 1 aromatic rings.